The highest BCUT2D eigenvalue weighted by Gasteiger charge is 2.21. The van der Waals surface area contributed by atoms with E-state index < -0.39 is 15.9 Å². The fourth-order valence-electron chi connectivity index (χ4n) is 1.38. The highest BCUT2D eigenvalue weighted by atomic mass is 32.2. The Morgan fingerprint density at radius 2 is 2.30 bits per heavy atom. The Morgan fingerprint density at radius 1 is 1.60 bits per heavy atom. The number of amides is 1. The zero-order valence-electron chi connectivity index (χ0n) is 11.5. The van der Waals surface area contributed by atoms with Crippen LogP contribution in [0, 0.1) is 0 Å². The molecule has 0 fully saturated rings. The smallest absolute Gasteiger partial charge is 0.346 e. The van der Waals surface area contributed by atoms with Gasteiger partial charge < -0.3 is 9.64 Å². The second-order valence-electron chi connectivity index (χ2n) is 3.89. The van der Waals surface area contributed by atoms with Gasteiger partial charge in [0.15, 0.2) is 0 Å². The third-order valence-corrected chi connectivity index (χ3v) is 4.01. The first kappa shape index (κ1) is 16.3. The molecule has 1 rings (SSSR count). The van der Waals surface area contributed by atoms with Gasteiger partial charge >= 0.3 is 6.03 Å². The summed E-state index contributed by atoms with van der Waals surface area (Å²) in [6.07, 6.45) is 2.65. The average molecular weight is 302 g/mol. The fourth-order valence-corrected chi connectivity index (χ4v) is 2.06. The van der Waals surface area contributed by atoms with Gasteiger partial charge in [-0.3, -0.25) is 0 Å². The molecule has 1 aromatic rings. The number of rotatable bonds is 7. The molecule has 0 radical (unpaired) electrons. The van der Waals surface area contributed by atoms with Gasteiger partial charge in [0.1, 0.15) is 6.33 Å². The van der Waals surface area contributed by atoms with Crippen molar-refractivity contribution in [3.8, 4) is 0 Å². The molecule has 20 heavy (non-hydrogen) atoms. The van der Waals surface area contributed by atoms with E-state index in [1.165, 1.54) is 18.9 Å². The minimum absolute atomic E-state index is 0.120. The van der Waals surface area contributed by atoms with Crippen LogP contribution in [-0.4, -0.2) is 66.7 Å². The molecular weight excluding hydrogens is 284 g/mol. The SMILES string of the molecule is C=CCN(CCOC)C(=O)n1cnc(S(=O)(=O)CC)n1. The minimum atomic E-state index is -3.52. The molecule has 0 unspecified atom stereocenters. The molecule has 0 aromatic carbocycles. The van der Waals surface area contributed by atoms with Crippen molar-refractivity contribution < 1.29 is 17.9 Å². The van der Waals surface area contributed by atoms with Crippen molar-refractivity contribution >= 4 is 15.9 Å². The van der Waals surface area contributed by atoms with E-state index >= 15 is 0 Å². The van der Waals surface area contributed by atoms with Gasteiger partial charge in [-0.25, -0.2) is 18.2 Å². The van der Waals surface area contributed by atoms with E-state index in [0.29, 0.717) is 19.7 Å². The van der Waals surface area contributed by atoms with Crippen molar-refractivity contribution in [3.05, 3.63) is 19.0 Å². The van der Waals surface area contributed by atoms with Gasteiger partial charge in [-0.15, -0.1) is 11.7 Å². The number of carbonyl (C=O) groups is 1. The standard InChI is InChI=1S/C11H18N4O4S/c1-4-6-14(7-8-19-3)11(16)15-9-12-10(13-15)20(17,18)5-2/h4,9H,1,5-8H2,2-3H3. The molecule has 0 saturated carbocycles. The number of methoxy groups -OCH3 is 1. The molecule has 8 nitrogen and oxygen atoms in total. The number of ether oxygens (including phenoxy) is 1. The molecule has 0 aliphatic rings. The van der Waals surface area contributed by atoms with Crippen LogP contribution in [0.3, 0.4) is 0 Å². The predicted molar refractivity (Wildman–Crippen MR) is 72.2 cm³/mol. The molecule has 9 heteroatoms. The third kappa shape index (κ3) is 3.87. The minimum Gasteiger partial charge on any atom is -0.383 e. The Kier molecular flexibility index (Phi) is 5.83. The highest BCUT2D eigenvalue weighted by Crippen LogP contribution is 2.04. The van der Waals surface area contributed by atoms with E-state index in [4.69, 9.17) is 4.74 Å². The summed E-state index contributed by atoms with van der Waals surface area (Å²) in [7, 11) is -2.00. The van der Waals surface area contributed by atoms with Gasteiger partial charge in [0, 0.05) is 20.2 Å². The van der Waals surface area contributed by atoms with Crippen molar-refractivity contribution in [1.29, 1.82) is 0 Å². The Labute approximate surface area is 118 Å². The second-order valence-corrected chi connectivity index (χ2v) is 6.06. The van der Waals surface area contributed by atoms with Gasteiger partial charge in [-0.05, 0) is 0 Å². The Hall–Kier alpha value is -1.74. The fraction of sp³-hybridized carbons (Fsp3) is 0.545. The maximum atomic E-state index is 12.2. The van der Waals surface area contributed by atoms with Crippen LogP contribution in [0.15, 0.2) is 24.1 Å². The number of sulfone groups is 1. The van der Waals surface area contributed by atoms with Crippen LogP contribution in [0.1, 0.15) is 6.92 Å². The number of nitrogens with zero attached hydrogens (tertiary/aromatic N) is 4. The molecule has 0 saturated heterocycles. The summed E-state index contributed by atoms with van der Waals surface area (Å²) in [5.41, 5.74) is 0. The van der Waals surface area contributed by atoms with E-state index in [1.54, 1.807) is 6.08 Å². The molecule has 0 aliphatic heterocycles. The van der Waals surface area contributed by atoms with Gasteiger partial charge in [0.25, 0.3) is 5.16 Å². The average Bonchev–Trinajstić information content (AvgIpc) is 2.93. The van der Waals surface area contributed by atoms with Crippen LogP contribution in [0.5, 0.6) is 0 Å². The van der Waals surface area contributed by atoms with E-state index in [0.717, 1.165) is 11.0 Å². The maximum absolute atomic E-state index is 12.2. The van der Waals surface area contributed by atoms with Gasteiger partial charge in [0.2, 0.25) is 9.84 Å². The molecule has 0 bridgehead atoms. The van der Waals surface area contributed by atoms with Crippen LogP contribution in [-0.2, 0) is 14.6 Å². The second kappa shape index (κ2) is 7.15. The Bertz CT molecular complexity index is 567. The Balaban J connectivity index is 2.92. The molecule has 1 aromatic heterocycles. The third-order valence-electron chi connectivity index (χ3n) is 2.51. The van der Waals surface area contributed by atoms with Crippen molar-refractivity contribution in [3.63, 3.8) is 0 Å². The normalized spacial score (nSPS) is 11.3. The topological polar surface area (TPSA) is 94.4 Å². The summed E-state index contributed by atoms with van der Waals surface area (Å²) < 4.78 is 29.0. The lowest BCUT2D eigenvalue weighted by Crippen LogP contribution is -2.37. The van der Waals surface area contributed by atoms with Gasteiger partial charge in [0.05, 0.1) is 12.4 Å². The van der Waals surface area contributed by atoms with Crippen LogP contribution in [0.2, 0.25) is 0 Å². The van der Waals surface area contributed by atoms with Crippen molar-refractivity contribution in [2.75, 3.05) is 32.6 Å². The van der Waals surface area contributed by atoms with Crippen LogP contribution < -0.4 is 0 Å². The summed E-state index contributed by atoms with van der Waals surface area (Å²) in [6.45, 7) is 6.06. The zero-order chi connectivity index (χ0) is 15.2. The number of hydrogen-bond donors (Lipinski definition) is 0. The number of aromatic nitrogens is 3. The zero-order valence-corrected chi connectivity index (χ0v) is 12.3. The predicted octanol–water partition coefficient (Wildman–Crippen LogP) is 0.174. The lowest BCUT2D eigenvalue weighted by atomic mass is 10.5. The van der Waals surface area contributed by atoms with Crippen molar-refractivity contribution in [2.24, 2.45) is 0 Å². The summed E-state index contributed by atoms with van der Waals surface area (Å²) >= 11 is 0. The lowest BCUT2D eigenvalue weighted by Gasteiger charge is -2.19. The van der Waals surface area contributed by atoms with Crippen LogP contribution in [0.25, 0.3) is 0 Å². The quantitative estimate of drug-likeness (QED) is 0.667. The summed E-state index contributed by atoms with van der Waals surface area (Å²) in [4.78, 5) is 17.2. The number of carbonyl (C=O) groups excluding carboxylic acids is 1. The summed E-state index contributed by atoms with van der Waals surface area (Å²) in [5, 5.41) is 3.37. The molecule has 1 heterocycles. The van der Waals surface area contributed by atoms with E-state index in [9.17, 15) is 13.2 Å². The first-order valence-corrected chi connectivity index (χ1v) is 7.65. The highest BCUT2D eigenvalue weighted by molar-refractivity contribution is 7.91. The number of hydrogen-bond acceptors (Lipinski definition) is 6. The maximum Gasteiger partial charge on any atom is 0.346 e. The first-order chi connectivity index (χ1) is 9.46. The van der Waals surface area contributed by atoms with E-state index in [1.807, 2.05) is 0 Å². The first-order valence-electron chi connectivity index (χ1n) is 5.99. The molecule has 0 N–H and O–H groups in total. The molecule has 112 valence electrons. The van der Waals surface area contributed by atoms with E-state index in [2.05, 4.69) is 16.7 Å². The molecule has 0 aliphatic carbocycles. The van der Waals surface area contributed by atoms with E-state index in [-0.39, 0.29) is 10.9 Å². The summed E-state index contributed by atoms with van der Waals surface area (Å²) in [5.74, 6) is -0.120. The largest absolute Gasteiger partial charge is 0.383 e. The van der Waals surface area contributed by atoms with Crippen molar-refractivity contribution in [2.45, 2.75) is 12.1 Å². The monoisotopic (exact) mass is 302 g/mol. The van der Waals surface area contributed by atoms with Crippen molar-refractivity contribution in [1.82, 2.24) is 19.7 Å². The lowest BCUT2D eigenvalue weighted by molar-refractivity contribution is 0.153. The molecule has 0 spiro atoms. The molecule has 0 atom stereocenters. The van der Waals surface area contributed by atoms with Crippen LogP contribution in [0.4, 0.5) is 4.79 Å². The van der Waals surface area contributed by atoms with Crippen LogP contribution >= 0.6 is 0 Å². The van der Waals surface area contributed by atoms with Gasteiger partial charge in [-0.1, -0.05) is 13.0 Å². The molecular formula is C11H18N4O4S. The molecule has 1 amide bonds. The van der Waals surface area contributed by atoms with Gasteiger partial charge in [-0.2, -0.15) is 4.68 Å². The summed E-state index contributed by atoms with van der Waals surface area (Å²) in [6, 6.07) is -0.480. The Morgan fingerprint density at radius 3 is 2.85 bits per heavy atom.